The quantitative estimate of drug-likeness (QED) is 0.528. The van der Waals surface area contributed by atoms with Gasteiger partial charge < -0.3 is 0 Å². The number of hydrogen-bond donors (Lipinski definition) is 0. The summed E-state index contributed by atoms with van der Waals surface area (Å²) in [6.07, 6.45) is 0. The molecule has 3 heterocycles. The highest BCUT2D eigenvalue weighted by molar-refractivity contribution is 7.21. The van der Waals surface area contributed by atoms with Crippen LogP contribution in [0, 0.1) is 0 Å². The molecule has 0 nitrogen and oxygen atoms in total. The van der Waals surface area contributed by atoms with E-state index in [-0.39, 0.29) is 5.41 Å². The third kappa shape index (κ3) is 1.26. The Morgan fingerprint density at radius 3 is 2.06 bits per heavy atom. The molecule has 4 heteroatoms. The standard InChI is InChI=1S/C14H9ClS3/c1-14(10-2-3-11(15)18-10)8-4-6-16-12(8)13-9(14)5-7-17-13/h2-7H,1H3. The molecule has 1 aliphatic rings. The smallest absolute Gasteiger partial charge is 0.0931 e. The SMILES string of the molecule is CC1(c2ccc(Cl)s2)c2ccsc2-c2sccc21. The highest BCUT2D eigenvalue weighted by atomic mass is 35.5. The minimum atomic E-state index is -0.0114. The van der Waals surface area contributed by atoms with Crippen molar-refractivity contribution in [2.75, 3.05) is 0 Å². The highest BCUT2D eigenvalue weighted by Crippen LogP contribution is 2.57. The van der Waals surface area contributed by atoms with Gasteiger partial charge in [-0.2, -0.15) is 0 Å². The average molecular weight is 309 g/mol. The Balaban J connectivity index is 2.07. The Kier molecular flexibility index (Phi) is 2.31. The van der Waals surface area contributed by atoms with Crippen LogP contribution in [0.25, 0.3) is 9.75 Å². The Bertz CT molecular complexity index is 691. The zero-order valence-electron chi connectivity index (χ0n) is 9.57. The molecule has 0 N–H and O–H groups in total. The van der Waals surface area contributed by atoms with Crippen LogP contribution in [0.15, 0.2) is 35.0 Å². The fraction of sp³-hybridized carbons (Fsp3) is 0.143. The maximum atomic E-state index is 6.13. The summed E-state index contributed by atoms with van der Waals surface area (Å²) < 4.78 is 0.867. The van der Waals surface area contributed by atoms with Crippen molar-refractivity contribution in [1.29, 1.82) is 0 Å². The van der Waals surface area contributed by atoms with Crippen molar-refractivity contribution in [2.24, 2.45) is 0 Å². The van der Waals surface area contributed by atoms with Gasteiger partial charge in [0.1, 0.15) is 0 Å². The minimum absolute atomic E-state index is 0.0114. The van der Waals surface area contributed by atoms with Crippen molar-refractivity contribution < 1.29 is 0 Å². The van der Waals surface area contributed by atoms with Gasteiger partial charge in [-0.3, -0.25) is 0 Å². The number of fused-ring (bicyclic) bond motifs is 3. The van der Waals surface area contributed by atoms with Crippen LogP contribution >= 0.6 is 45.6 Å². The molecule has 0 aromatic carbocycles. The third-order valence-corrected chi connectivity index (χ3v) is 7.13. The van der Waals surface area contributed by atoms with Gasteiger partial charge in [-0.15, -0.1) is 34.0 Å². The van der Waals surface area contributed by atoms with E-state index in [0.717, 1.165) is 4.34 Å². The molecule has 0 saturated heterocycles. The second-order valence-electron chi connectivity index (χ2n) is 4.56. The summed E-state index contributed by atoms with van der Waals surface area (Å²) in [6.45, 7) is 2.32. The molecular formula is C14H9ClS3. The fourth-order valence-corrected chi connectivity index (χ4v) is 6.17. The largest absolute Gasteiger partial charge is 0.143 e. The summed E-state index contributed by atoms with van der Waals surface area (Å²) in [4.78, 5) is 4.21. The first kappa shape index (κ1) is 11.2. The molecule has 0 aliphatic heterocycles. The molecule has 0 spiro atoms. The van der Waals surface area contributed by atoms with E-state index in [0.29, 0.717) is 0 Å². The molecule has 1 aliphatic carbocycles. The van der Waals surface area contributed by atoms with Gasteiger partial charge in [0.05, 0.1) is 9.75 Å². The van der Waals surface area contributed by atoms with Crippen LogP contribution in [0.2, 0.25) is 4.34 Å². The molecule has 0 fully saturated rings. The molecule has 0 atom stereocenters. The molecular weight excluding hydrogens is 300 g/mol. The van der Waals surface area contributed by atoms with E-state index in [1.54, 1.807) is 11.3 Å². The monoisotopic (exact) mass is 308 g/mol. The van der Waals surface area contributed by atoms with Crippen LogP contribution in [0.5, 0.6) is 0 Å². The molecule has 0 bridgehead atoms. The Labute approximate surface area is 122 Å². The molecule has 3 aromatic rings. The van der Waals surface area contributed by atoms with Gasteiger partial charge in [0.15, 0.2) is 0 Å². The summed E-state index contributed by atoms with van der Waals surface area (Å²) in [7, 11) is 0. The van der Waals surface area contributed by atoms with Gasteiger partial charge in [0.2, 0.25) is 0 Å². The van der Waals surface area contributed by atoms with E-state index in [4.69, 9.17) is 11.6 Å². The van der Waals surface area contributed by atoms with Crippen molar-refractivity contribution >= 4 is 45.6 Å². The second kappa shape index (κ2) is 3.70. The van der Waals surface area contributed by atoms with Crippen LogP contribution in [-0.4, -0.2) is 0 Å². The summed E-state index contributed by atoms with van der Waals surface area (Å²) in [5.74, 6) is 0. The van der Waals surface area contributed by atoms with Crippen molar-refractivity contribution in [1.82, 2.24) is 0 Å². The average Bonchev–Trinajstić information content (AvgIpc) is 3.07. The van der Waals surface area contributed by atoms with Crippen molar-refractivity contribution in [3.05, 3.63) is 55.4 Å². The second-order valence-corrected chi connectivity index (χ2v) is 8.10. The Morgan fingerprint density at radius 1 is 0.944 bits per heavy atom. The lowest BCUT2D eigenvalue weighted by Gasteiger charge is -2.24. The maximum Gasteiger partial charge on any atom is 0.0931 e. The summed E-state index contributed by atoms with van der Waals surface area (Å²) in [6, 6.07) is 8.70. The zero-order valence-corrected chi connectivity index (χ0v) is 12.8. The van der Waals surface area contributed by atoms with Gasteiger partial charge in [0.25, 0.3) is 0 Å². The topological polar surface area (TPSA) is 0 Å². The molecule has 90 valence electrons. The lowest BCUT2D eigenvalue weighted by molar-refractivity contribution is 0.735. The van der Waals surface area contributed by atoms with Gasteiger partial charge in [-0.1, -0.05) is 11.6 Å². The normalized spacial score (nSPS) is 15.7. The van der Waals surface area contributed by atoms with Crippen LogP contribution < -0.4 is 0 Å². The first-order valence-corrected chi connectivity index (χ1v) is 8.59. The molecule has 0 unspecified atom stereocenters. The molecule has 0 saturated carbocycles. The minimum Gasteiger partial charge on any atom is -0.143 e. The predicted octanol–water partition coefficient (Wildman–Crippen LogP) is 5.86. The van der Waals surface area contributed by atoms with Crippen LogP contribution in [0.3, 0.4) is 0 Å². The first-order valence-electron chi connectivity index (χ1n) is 5.63. The van der Waals surface area contributed by atoms with Gasteiger partial charge in [-0.05, 0) is 53.1 Å². The van der Waals surface area contributed by atoms with Crippen molar-refractivity contribution in [2.45, 2.75) is 12.3 Å². The van der Waals surface area contributed by atoms with Gasteiger partial charge in [-0.25, -0.2) is 0 Å². The van der Waals surface area contributed by atoms with Gasteiger partial charge >= 0.3 is 0 Å². The number of thiophene rings is 3. The molecule has 0 amide bonds. The van der Waals surface area contributed by atoms with Crippen LogP contribution in [0.4, 0.5) is 0 Å². The van der Waals surface area contributed by atoms with E-state index in [9.17, 15) is 0 Å². The number of hydrogen-bond acceptors (Lipinski definition) is 3. The van der Waals surface area contributed by atoms with E-state index >= 15 is 0 Å². The molecule has 3 aromatic heterocycles. The third-order valence-electron chi connectivity index (χ3n) is 3.68. The first-order chi connectivity index (χ1) is 8.71. The molecule has 18 heavy (non-hydrogen) atoms. The van der Waals surface area contributed by atoms with E-state index in [1.165, 1.54) is 25.8 Å². The Morgan fingerprint density at radius 2 is 1.56 bits per heavy atom. The summed E-state index contributed by atoms with van der Waals surface area (Å²) >= 11 is 11.5. The summed E-state index contributed by atoms with van der Waals surface area (Å²) in [5, 5.41) is 4.39. The highest BCUT2D eigenvalue weighted by Gasteiger charge is 2.43. The lowest BCUT2D eigenvalue weighted by Crippen LogP contribution is -2.19. The van der Waals surface area contributed by atoms with Crippen LogP contribution in [-0.2, 0) is 5.41 Å². The molecule has 0 radical (unpaired) electrons. The maximum absolute atomic E-state index is 6.13. The van der Waals surface area contributed by atoms with E-state index in [1.807, 2.05) is 28.7 Å². The predicted molar refractivity (Wildman–Crippen MR) is 82.5 cm³/mol. The molecule has 4 rings (SSSR count). The van der Waals surface area contributed by atoms with E-state index < -0.39 is 0 Å². The van der Waals surface area contributed by atoms with Crippen LogP contribution in [0.1, 0.15) is 22.9 Å². The van der Waals surface area contributed by atoms with Crippen molar-refractivity contribution in [3.8, 4) is 9.75 Å². The fourth-order valence-electron chi connectivity index (χ4n) is 2.75. The number of halogens is 1. The number of rotatable bonds is 1. The van der Waals surface area contributed by atoms with Gasteiger partial charge in [0, 0.05) is 14.6 Å². The van der Waals surface area contributed by atoms with Crippen molar-refractivity contribution in [3.63, 3.8) is 0 Å². The zero-order chi connectivity index (χ0) is 12.3. The summed E-state index contributed by atoms with van der Waals surface area (Å²) in [5.41, 5.74) is 2.86. The Hall–Kier alpha value is -0.610. The lowest BCUT2D eigenvalue weighted by atomic mass is 9.80. The van der Waals surface area contributed by atoms with E-state index in [2.05, 4.69) is 35.9 Å².